The molecule has 35 heavy (non-hydrogen) atoms. The second kappa shape index (κ2) is 9.16. The number of pyridine rings is 1. The number of aryl methyl sites for hydroxylation is 3. The highest BCUT2D eigenvalue weighted by atomic mass is 16.2. The van der Waals surface area contributed by atoms with Gasteiger partial charge in [0, 0.05) is 29.6 Å². The van der Waals surface area contributed by atoms with Crippen molar-refractivity contribution >= 4 is 23.5 Å². The molecule has 0 unspecified atom stereocenters. The topological polar surface area (TPSA) is 144 Å². The molecule has 3 aromatic rings. The van der Waals surface area contributed by atoms with Gasteiger partial charge in [-0.25, -0.2) is 4.98 Å². The quantitative estimate of drug-likeness (QED) is 0.374. The Labute approximate surface area is 204 Å². The molecular weight excluding hydrogens is 444 g/mol. The lowest BCUT2D eigenvalue weighted by atomic mass is 9.88. The summed E-state index contributed by atoms with van der Waals surface area (Å²) >= 11 is 0. The molecule has 1 atom stereocenters. The Morgan fingerprint density at radius 3 is 2.46 bits per heavy atom. The van der Waals surface area contributed by atoms with Crippen LogP contribution in [0.1, 0.15) is 54.5 Å². The van der Waals surface area contributed by atoms with Crippen molar-refractivity contribution in [2.24, 2.45) is 17.8 Å². The van der Waals surface area contributed by atoms with Crippen LogP contribution in [-0.2, 0) is 11.3 Å². The largest absolute Gasteiger partial charge is 0.383 e. The van der Waals surface area contributed by atoms with Gasteiger partial charge in [-0.2, -0.15) is 10.2 Å². The van der Waals surface area contributed by atoms with Gasteiger partial charge in [0.15, 0.2) is 0 Å². The number of nitrogen functional groups attached to an aromatic ring is 1. The second-order valence-electron chi connectivity index (χ2n) is 9.66. The summed E-state index contributed by atoms with van der Waals surface area (Å²) in [6, 6.07) is 4.61. The minimum absolute atomic E-state index is 0.116. The molecule has 0 radical (unpaired) electrons. The highest BCUT2D eigenvalue weighted by Gasteiger charge is 2.48. The van der Waals surface area contributed by atoms with E-state index in [9.17, 15) is 9.59 Å². The molecule has 0 aromatic carbocycles. The highest BCUT2D eigenvalue weighted by Crippen LogP contribution is 2.51. The minimum Gasteiger partial charge on any atom is -0.383 e. The summed E-state index contributed by atoms with van der Waals surface area (Å²) in [6.45, 7) is 6.34. The standard InChI is InChI=1S/C25H32N8O2/c1-4-33-18(11-12-27-33)24(34)30-22(21(15-5-6-15)16-7-8-16)25(35)29-19-10-9-17(23(26)28-19)20-13(2)31-32-14(20)3/h9-12,15-16,21-22H,4-8H2,1-3H3,(H,30,34)(H,31,32)(H3,26,28,29,35)/t22-/m0/s1. The van der Waals surface area contributed by atoms with Gasteiger partial charge in [-0.3, -0.25) is 19.4 Å². The summed E-state index contributed by atoms with van der Waals surface area (Å²) in [4.78, 5) is 31.2. The van der Waals surface area contributed by atoms with Crippen LogP contribution in [0.2, 0.25) is 0 Å². The number of amides is 2. The fraction of sp³-hybridized carbons (Fsp3) is 0.480. The van der Waals surface area contributed by atoms with Gasteiger partial charge < -0.3 is 16.4 Å². The maximum absolute atomic E-state index is 13.6. The molecule has 3 aromatic heterocycles. The number of nitrogens with zero attached hydrogens (tertiary/aromatic N) is 4. The Morgan fingerprint density at radius 2 is 1.89 bits per heavy atom. The fourth-order valence-electron chi connectivity index (χ4n) is 5.13. The zero-order chi connectivity index (χ0) is 24.7. The number of nitrogens with one attached hydrogen (secondary N) is 3. The number of hydrogen-bond acceptors (Lipinski definition) is 6. The number of aromatic nitrogens is 5. The molecule has 0 aliphatic heterocycles. The average molecular weight is 477 g/mol. The lowest BCUT2D eigenvalue weighted by Crippen LogP contribution is -2.50. The first-order valence-electron chi connectivity index (χ1n) is 12.3. The molecule has 5 rings (SSSR count). The fourth-order valence-corrected chi connectivity index (χ4v) is 5.13. The average Bonchev–Trinajstić information content (AvgIpc) is 3.76. The Balaban J connectivity index is 1.38. The van der Waals surface area contributed by atoms with Crippen molar-refractivity contribution < 1.29 is 9.59 Å². The SMILES string of the molecule is CCn1nccc1C(=O)N[C@H](C(=O)Nc1ccc(-c2c(C)n[nH]c2C)c(N)n1)C(C1CC1)C1CC1. The third-order valence-electron chi connectivity index (χ3n) is 7.11. The Hall–Kier alpha value is -3.69. The van der Waals surface area contributed by atoms with Crippen LogP contribution < -0.4 is 16.4 Å². The second-order valence-corrected chi connectivity index (χ2v) is 9.66. The molecule has 2 amide bonds. The molecule has 2 aliphatic rings. The zero-order valence-electron chi connectivity index (χ0n) is 20.3. The number of hydrogen-bond donors (Lipinski definition) is 4. The highest BCUT2D eigenvalue weighted by molar-refractivity contribution is 6.00. The molecule has 0 saturated heterocycles. The van der Waals surface area contributed by atoms with Crippen LogP contribution in [0.4, 0.5) is 11.6 Å². The predicted molar refractivity (Wildman–Crippen MR) is 132 cm³/mol. The van der Waals surface area contributed by atoms with Crippen molar-refractivity contribution in [2.45, 2.75) is 59.0 Å². The Bertz CT molecular complexity index is 1220. The van der Waals surface area contributed by atoms with Crippen LogP contribution in [0, 0.1) is 31.6 Å². The van der Waals surface area contributed by atoms with Crippen molar-refractivity contribution in [3.8, 4) is 11.1 Å². The van der Waals surface area contributed by atoms with E-state index < -0.39 is 6.04 Å². The summed E-state index contributed by atoms with van der Waals surface area (Å²) in [5.74, 6) is 1.15. The Morgan fingerprint density at radius 1 is 1.17 bits per heavy atom. The summed E-state index contributed by atoms with van der Waals surface area (Å²) in [6.07, 6.45) is 5.98. The van der Waals surface area contributed by atoms with E-state index in [0.29, 0.717) is 35.7 Å². The van der Waals surface area contributed by atoms with Crippen molar-refractivity contribution in [1.82, 2.24) is 30.3 Å². The Kier molecular flexibility index (Phi) is 6.04. The number of H-pyrrole nitrogens is 1. The molecule has 3 heterocycles. The van der Waals surface area contributed by atoms with E-state index in [4.69, 9.17) is 5.73 Å². The number of aromatic amines is 1. The monoisotopic (exact) mass is 476 g/mol. The molecule has 0 bridgehead atoms. The molecular formula is C25H32N8O2. The molecule has 0 spiro atoms. The van der Waals surface area contributed by atoms with Crippen LogP contribution in [0.3, 0.4) is 0 Å². The molecule has 10 nitrogen and oxygen atoms in total. The van der Waals surface area contributed by atoms with Gasteiger partial charge in [-0.05, 0) is 82.4 Å². The zero-order valence-corrected chi connectivity index (χ0v) is 20.3. The third-order valence-corrected chi connectivity index (χ3v) is 7.11. The van der Waals surface area contributed by atoms with E-state index in [2.05, 4.69) is 30.9 Å². The number of rotatable bonds is 9. The van der Waals surface area contributed by atoms with E-state index in [1.807, 2.05) is 26.8 Å². The number of carbonyl (C=O) groups excluding carboxylic acids is 2. The van der Waals surface area contributed by atoms with Crippen LogP contribution in [-0.4, -0.2) is 42.8 Å². The maximum Gasteiger partial charge on any atom is 0.270 e. The van der Waals surface area contributed by atoms with E-state index in [0.717, 1.165) is 48.2 Å². The van der Waals surface area contributed by atoms with E-state index in [1.54, 1.807) is 23.0 Å². The number of anilines is 2. The van der Waals surface area contributed by atoms with Gasteiger partial charge in [0.25, 0.3) is 5.91 Å². The summed E-state index contributed by atoms with van der Waals surface area (Å²) in [7, 11) is 0. The van der Waals surface area contributed by atoms with Gasteiger partial charge >= 0.3 is 0 Å². The maximum atomic E-state index is 13.6. The van der Waals surface area contributed by atoms with Gasteiger partial charge in [-0.15, -0.1) is 0 Å². The lowest BCUT2D eigenvalue weighted by molar-refractivity contribution is -0.119. The minimum atomic E-state index is -0.649. The molecule has 2 aliphatic carbocycles. The summed E-state index contributed by atoms with van der Waals surface area (Å²) < 4.78 is 1.63. The van der Waals surface area contributed by atoms with Crippen LogP contribution in [0.5, 0.6) is 0 Å². The van der Waals surface area contributed by atoms with Gasteiger partial charge in [0.05, 0.1) is 5.69 Å². The van der Waals surface area contributed by atoms with Crippen molar-refractivity contribution in [2.75, 3.05) is 11.1 Å². The van der Waals surface area contributed by atoms with Crippen molar-refractivity contribution in [3.63, 3.8) is 0 Å². The first-order chi connectivity index (χ1) is 16.9. The first-order valence-corrected chi connectivity index (χ1v) is 12.3. The van der Waals surface area contributed by atoms with Crippen LogP contribution >= 0.6 is 0 Å². The molecule has 2 saturated carbocycles. The first kappa shape index (κ1) is 23.1. The number of carbonyl (C=O) groups is 2. The predicted octanol–water partition coefficient (Wildman–Crippen LogP) is 3.06. The summed E-state index contributed by atoms with van der Waals surface area (Å²) in [5, 5.41) is 17.3. The molecule has 2 fully saturated rings. The van der Waals surface area contributed by atoms with Gasteiger partial charge in [0.1, 0.15) is 23.4 Å². The molecule has 5 N–H and O–H groups in total. The smallest absolute Gasteiger partial charge is 0.270 e. The normalized spacial score (nSPS) is 16.3. The molecule has 184 valence electrons. The van der Waals surface area contributed by atoms with Crippen molar-refractivity contribution in [1.29, 1.82) is 0 Å². The van der Waals surface area contributed by atoms with E-state index >= 15 is 0 Å². The summed E-state index contributed by atoms with van der Waals surface area (Å²) in [5.41, 5.74) is 10.1. The molecule has 10 heteroatoms. The van der Waals surface area contributed by atoms with E-state index in [-0.39, 0.29) is 17.7 Å². The van der Waals surface area contributed by atoms with Crippen molar-refractivity contribution in [3.05, 3.63) is 41.5 Å². The van der Waals surface area contributed by atoms with Gasteiger partial charge in [0.2, 0.25) is 5.91 Å². The van der Waals surface area contributed by atoms with Crippen LogP contribution in [0.25, 0.3) is 11.1 Å². The lowest BCUT2D eigenvalue weighted by Gasteiger charge is -2.27. The van der Waals surface area contributed by atoms with Crippen LogP contribution in [0.15, 0.2) is 24.4 Å². The number of nitrogens with two attached hydrogens (primary N) is 1. The third kappa shape index (κ3) is 4.65. The van der Waals surface area contributed by atoms with E-state index in [1.165, 1.54) is 0 Å². The van der Waals surface area contributed by atoms with Gasteiger partial charge in [-0.1, -0.05) is 0 Å².